The zero-order chi connectivity index (χ0) is 20.9. The Hall–Kier alpha value is -4.58. The number of para-hydroxylation sites is 1. The summed E-state index contributed by atoms with van der Waals surface area (Å²) in [5.74, 6) is 1.07. The van der Waals surface area contributed by atoms with Crippen LogP contribution in [0.25, 0.3) is 5.65 Å². The third-order valence-corrected chi connectivity index (χ3v) is 5.37. The Kier molecular flexibility index (Phi) is 3.61. The van der Waals surface area contributed by atoms with Crippen LogP contribution >= 0.6 is 0 Å². The molecule has 1 N–H and O–H groups in total. The van der Waals surface area contributed by atoms with Crippen molar-refractivity contribution in [2.75, 3.05) is 17.0 Å². The van der Waals surface area contributed by atoms with E-state index < -0.39 is 6.17 Å². The van der Waals surface area contributed by atoms with Crippen molar-refractivity contribution in [3.05, 3.63) is 77.7 Å². The summed E-state index contributed by atoms with van der Waals surface area (Å²) < 4.78 is 12.5. The van der Waals surface area contributed by atoms with E-state index in [4.69, 9.17) is 9.47 Å². The van der Waals surface area contributed by atoms with Gasteiger partial charge in [-0.2, -0.15) is 10.4 Å². The molecule has 0 bridgehead atoms. The van der Waals surface area contributed by atoms with Crippen LogP contribution in [0.15, 0.2) is 61.1 Å². The summed E-state index contributed by atoms with van der Waals surface area (Å²) >= 11 is 0. The highest BCUT2D eigenvalue weighted by Gasteiger charge is 2.35. The number of amides is 1. The predicted octanol–water partition coefficient (Wildman–Crippen LogP) is 3.10. The van der Waals surface area contributed by atoms with Crippen molar-refractivity contribution in [3.63, 3.8) is 0 Å². The Balaban J connectivity index is 1.51. The number of carbonyl (C=O) groups is 1. The summed E-state index contributed by atoms with van der Waals surface area (Å²) in [4.78, 5) is 19.6. The van der Waals surface area contributed by atoms with Crippen LogP contribution in [0.3, 0.4) is 0 Å². The Morgan fingerprint density at radius 3 is 2.90 bits per heavy atom. The van der Waals surface area contributed by atoms with Gasteiger partial charge in [0.2, 0.25) is 6.79 Å². The summed E-state index contributed by atoms with van der Waals surface area (Å²) in [5.41, 5.74) is 3.50. The molecular formula is C22H14N6O3. The number of aromatic nitrogens is 3. The van der Waals surface area contributed by atoms with Gasteiger partial charge < -0.3 is 14.8 Å². The number of fused-ring (bicyclic) bond motifs is 3. The first-order chi connectivity index (χ1) is 15.2. The van der Waals surface area contributed by atoms with Crippen molar-refractivity contribution >= 4 is 22.9 Å². The molecule has 1 unspecified atom stereocenters. The summed E-state index contributed by atoms with van der Waals surface area (Å²) in [6.45, 7) is 0.151. The van der Waals surface area contributed by atoms with Crippen molar-refractivity contribution in [2.24, 2.45) is 0 Å². The molecule has 0 saturated carbocycles. The Bertz CT molecular complexity index is 1410. The van der Waals surface area contributed by atoms with E-state index >= 15 is 0 Å². The number of ether oxygens (including phenoxy) is 2. The van der Waals surface area contributed by atoms with E-state index in [1.807, 2.05) is 24.3 Å². The van der Waals surface area contributed by atoms with E-state index in [0.717, 1.165) is 5.69 Å². The maximum Gasteiger partial charge on any atom is 0.262 e. The van der Waals surface area contributed by atoms with Gasteiger partial charge in [-0.1, -0.05) is 12.1 Å². The topological polar surface area (TPSA) is 105 Å². The molecule has 0 aliphatic carbocycles. The number of anilines is 2. The van der Waals surface area contributed by atoms with Crippen LogP contribution in [0, 0.1) is 11.3 Å². The zero-order valence-electron chi connectivity index (χ0n) is 16.0. The van der Waals surface area contributed by atoms with Crippen LogP contribution < -0.4 is 19.7 Å². The van der Waals surface area contributed by atoms with Gasteiger partial charge in [-0.15, -0.1) is 0 Å². The quantitative estimate of drug-likeness (QED) is 0.541. The molecule has 2 aliphatic heterocycles. The second-order valence-electron chi connectivity index (χ2n) is 7.13. The molecule has 6 rings (SSSR count). The minimum absolute atomic E-state index is 0.151. The summed E-state index contributed by atoms with van der Waals surface area (Å²) in [6, 6.07) is 14.8. The van der Waals surface area contributed by atoms with E-state index in [1.165, 1.54) is 6.20 Å². The first-order valence-corrected chi connectivity index (χ1v) is 9.55. The van der Waals surface area contributed by atoms with Gasteiger partial charge in [0.1, 0.15) is 17.8 Å². The molecule has 2 aromatic heterocycles. The van der Waals surface area contributed by atoms with Gasteiger partial charge in [-0.25, -0.2) is 9.50 Å². The molecule has 0 radical (unpaired) electrons. The number of carbonyl (C=O) groups excluding carboxylic acids is 1. The van der Waals surface area contributed by atoms with Gasteiger partial charge >= 0.3 is 0 Å². The minimum Gasteiger partial charge on any atom is -0.454 e. The molecule has 9 nitrogen and oxygen atoms in total. The van der Waals surface area contributed by atoms with Gasteiger partial charge in [0.05, 0.1) is 17.4 Å². The lowest BCUT2D eigenvalue weighted by Gasteiger charge is -2.38. The van der Waals surface area contributed by atoms with Gasteiger partial charge in [0.15, 0.2) is 17.1 Å². The predicted molar refractivity (Wildman–Crippen MR) is 110 cm³/mol. The van der Waals surface area contributed by atoms with Crippen LogP contribution in [0.2, 0.25) is 0 Å². The third kappa shape index (κ3) is 2.59. The number of hydrogen-bond donors (Lipinski definition) is 1. The summed E-state index contributed by atoms with van der Waals surface area (Å²) in [6.07, 6.45) is 4.34. The van der Waals surface area contributed by atoms with Gasteiger partial charge in [-0.05, 0) is 24.3 Å². The van der Waals surface area contributed by atoms with E-state index in [2.05, 4.69) is 21.5 Å². The minimum atomic E-state index is -0.547. The smallest absolute Gasteiger partial charge is 0.262 e. The monoisotopic (exact) mass is 410 g/mol. The van der Waals surface area contributed by atoms with Crippen molar-refractivity contribution < 1.29 is 14.3 Å². The molecule has 4 heterocycles. The lowest BCUT2D eigenvalue weighted by molar-refractivity contribution is 0.0975. The fourth-order valence-corrected chi connectivity index (χ4v) is 3.90. The highest BCUT2D eigenvalue weighted by molar-refractivity contribution is 6.12. The number of nitrogens with zero attached hydrogens (tertiary/aromatic N) is 5. The Labute approximate surface area is 176 Å². The lowest BCUT2D eigenvalue weighted by Crippen LogP contribution is -2.43. The Morgan fingerprint density at radius 1 is 1.13 bits per heavy atom. The van der Waals surface area contributed by atoms with Gasteiger partial charge in [0.25, 0.3) is 5.91 Å². The third-order valence-electron chi connectivity index (χ3n) is 5.37. The molecule has 31 heavy (non-hydrogen) atoms. The zero-order valence-corrected chi connectivity index (χ0v) is 16.0. The molecule has 150 valence electrons. The standard InChI is InChI=1S/C22H14N6O3/c23-8-13-10-25-27-11-14(9-24-20(13)27)21-26-17-4-2-1-3-16(17)22(29)28(21)15-5-6-18-19(7-15)31-12-30-18/h1-7,9-11,21,26H,12H2. The largest absolute Gasteiger partial charge is 0.454 e. The highest BCUT2D eigenvalue weighted by Crippen LogP contribution is 2.41. The molecule has 1 atom stereocenters. The normalized spacial score (nSPS) is 16.7. The first kappa shape index (κ1) is 17.3. The van der Waals surface area contributed by atoms with Crippen molar-refractivity contribution in [1.82, 2.24) is 14.6 Å². The fourth-order valence-electron chi connectivity index (χ4n) is 3.90. The van der Waals surface area contributed by atoms with E-state index in [9.17, 15) is 10.1 Å². The van der Waals surface area contributed by atoms with Crippen LogP contribution in [-0.4, -0.2) is 27.3 Å². The SMILES string of the molecule is N#Cc1cnn2cc(C3Nc4ccccc4C(=O)N3c3ccc4c(c3)OCO4)cnc12. The van der Waals surface area contributed by atoms with E-state index in [-0.39, 0.29) is 12.7 Å². The number of rotatable bonds is 2. The number of nitrogens with one attached hydrogen (secondary N) is 1. The second-order valence-corrected chi connectivity index (χ2v) is 7.13. The molecule has 0 spiro atoms. The highest BCUT2D eigenvalue weighted by atomic mass is 16.7. The molecule has 9 heteroatoms. The van der Waals surface area contributed by atoms with E-state index in [0.29, 0.717) is 39.5 Å². The number of benzene rings is 2. The molecule has 0 saturated heterocycles. The van der Waals surface area contributed by atoms with Crippen molar-refractivity contribution in [2.45, 2.75) is 6.17 Å². The van der Waals surface area contributed by atoms with Crippen LogP contribution in [0.4, 0.5) is 11.4 Å². The van der Waals surface area contributed by atoms with Crippen molar-refractivity contribution in [1.29, 1.82) is 5.26 Å². The maximum absolute atomic E-state index is 13.5. The number of nitriles is 1. The average Bonchev–Trinajstić information content (AvgIpc) is 3.44. The van der Waals surface area contributed by atoms with E-state index in [1.54, 1.807) is 40.0 Å². The Morgan fingerprint density at radius 2 is 2.00 bits per heavy atom. The summed E-state index contributed by atoms with van der Waals surface area (Å²) in [5, 5.41) is 16.9. The van der Waals surface area contributed by atoms with Crippen LogP contribution in [0.5, 0.6) is 11.5 Å². The van der Waals surface area contributed by atoms with Crippen molar-refractivity contribution in [3.8, 4) is 17.6 Å². The fraction of sp³-hybridized carbons (Fsp3) is 0.0909. The summed E-state index contributed by atoms with van der Waals surface area (Å²) in [7, 11) is 0. The second kappa shape index (κ2) is 6.47. The average molecular weight is 410 g/mol. The van der Waals surface area contributed by atoms with Gasteiger partial charge in [0, 0.05) is 29.7 Å². The molecule has 2 aromatic carbocycles. The molecule has 4 aromatic rings. The van der Waals surface area contributed by atoms with Gasteiger partial charge in [-0.3, -0.25) is 9.69 Å². The molecule has 0 fully saturated rings. The molecule has 1 amide bonds. The molecular weight excluding hydrogens is 396 g/mol. The first-order valence-electron chi connectivity index (χ1n) is 9.55. The van der Waals surface area contributed by atoms with Crippen LogP contribution in [0.1, 0.15) is 27.7 Å². The lowest BCUT2D eigenvalue weighted by atomic mass is 10.0. The molecule has 2 aliphatic rings. The maximum atomic E-state index is 13.5. The number of hydrogen-bond acceptors (Lipinski definition) is 7. The van der Waals surface area contributed by atoms with Crippen LogP contribution in [-0.2, 0) is 0 Å².